The Bertz CT molecular complexity index is 310. The van der Waals surface area contributed by atoms with Crippen molar-refractivity contribution in [2.75, 3.05) is 6.54 Å². The van der Waals surface area contributed by atoms with Gasteiger partial charge in [0, 0.05) is 6.21 Å². The second kappa shape index (κ2) is 4.75. The van der Waals surface area contributed by atoms with Crippen molar-refractivity contribution >= 4 is 18.5 Å². The lowest BCUT2D eigenvalue weighted by atomic mass is 10.7. The molecular weight excluding hydrogens is 170 g/mol. The van der Waals surface area contributed by atoms with E-state index in [1.54, 1.807) is 0 Å². The molecule has 1 aromatic heterocycles. The van der Waals surface area contributed by atoms with Crippen molar-refractivity contribution in [1.82, 2.24) is 14.8 Å². The first kappa shape index (κ1) is 9.04. The van der Waals surface area contributed by atoms with Crippen LogP contribution in [0.15, 0.2) is 22.6 Å². The van der Waals surface area contributed by atoms with Crippen molar-refractivity contribution < 1.29 is 0 Å². The van der Waals surface area contributed by atoms with E-state index < -0.39 is 0 Å². The van der Waals surface area contributed by atoms with Crippen LogP contribution in [-0.2, 0) is 0 Å². The maximum Gasteiger partial charge on any atom is 0.218 e. The van der Waals surface area contributed by atoms with Crippen molar-refractivity contribution in [3.8, 4) is 0 Å². The van der Waals surface area contributed by atoms with E-state index in [2.05, 4.69) is 20.1 Å². The molecule has 7 nitrogen and oxygen atoms in total. The summed E-state index contributed by atoms with van der Waals surface area (Å²) in [5.74, 6) is 0.244. The maximum atomic E-state index is 6.60. The zero-order valence-electron chi connectivity index (χ0n) is 6.83. The smallest absolute Gasteiger partial charge is 0.218 e. The molecule has 0 amide bonds. The van der Waals surface area contributed by atoms with Gasteiger partial charge in [0.2, 0.25) is 5.96 Å². The molecule has 1 heterocycles. The van der Waals surface area contributed by atoms with Crippen molar-refractivity contribution in [2.24, 2.45) is 15.7 Å². The van der Waals surface area contributed by atoms with Gasteiger partial charge in [0.1, 0.15) is 19.0 Å². The minimum Gasteiger partial charge on any atom is -0.368 e. The number of aromatic nitrogens is 3. The number of nitrogens with one attached hydrogen (secondary N) is 1. The molecule has 0 saturated heterocycles. The van der Waals surface area contributed by atoms with Gasteiger partial charge in [-0.05, 0) is 0 Å². The summed E-state index contributed by atoms with van der Waals surface area (Å²) in [5.41, 5.74) is 5.51. The average Bonchev–Trinajstić information content (AvgIpc) is 2.65. The molecular formula is C6H9N7. The molecule has 0 atom stereocenters. The Morgan fingerprint density at radius 3 is 3.15 bits per heavy atom. The van der Waals surface area contributed by atoms with Gasteiger partial charge >= 0.3 is 0 Å². The molecule has 0 spiro atoms. The lowest BCUT2D eigenvalue weighted by Gasteiger charge is -1.95. The average molecular weight is 179 g/mol. The standard InChI is InChI=1S/C6H9N7/c7-3-9-1-2-11-6(8)13-5-10-4-12-13/h1,3-5,7H,2H2,(H2,8,11). The molecule has 3 N–H and O–H groups in total. The summed E-state index contributed by atoms with van der Waals surface area (Å²) in [4.78, 5) is 11.1. The fourth-order valence-electron chi connectivity index (χ4n) is 0.633. The summed E-state index contributed by atoms with van der Waals surface area (Å²) in [5, 5.41) is 10.4. The second-order valence-corrected chi connectivity index (χ2v) is 2.00. The molecule has 0 aliphatic rings. The molecule has 7 heteroatoms. The monoisotopic (exact) mass is 179 g/mol. The van der Waals surface area contributed by atoms with Gasteiger partial charge in [-0.3, -0.25) is 5.41 Å². The molecule has 13 heavy (non-hydrogen) atoms. The van der Waals surface area contributed by atoms with Gasteiger partial charge in [0.25, 0.3) is 0 Å². The SMILES string of the molecule is N=CN=CCN=C(N)n1cncn1. The van der Waals surface area contributed by atoms with Crippen LogP contribution in [0, 0.1) is 5.41 Å². The molecule has 0 aliphatic carbocycles. The normalized spacial score (nSPS) is 12.2. The quantitative estimate of drug-likeness (QED) is 0.464. The molecule has 1 rings (SSSR count). The fraction of sp³-hybridized carbons (Fsp3) is 0.167. The Balaban J connectivity index is 2.52. The summed E-state index contributed by atoms with van der Waals surface area (Å²) in [7, 11) is 0. The Morgan fingerprint density at radius 1 is 1.69 bits per heavy atom. The number of hydrogen-bond donors (Lipinski definition) is 2. The van der Waals surface area contributed by atoms with E-state index in [4.69, 9.17) is 11.1 Å². The highest BCUT2D eigenvalue weighted by Gasteiger charge is 1.93. The summed E-state index contributed by atoms with van der Waals surface area (Å²) in [6, 6.07) is 0. The number of nitrogens with zero attached hydrogens (tertiary/aromatic N) is 5. The minimum absolute atomic E-state index is 0.244. The predicted octanol–water partition coefficient (Wildman–Crippen LogP) is -0.881. The third-order valence-electron chi connectivity index (χ3n) is 1.17. The van der Waals surface area contributed by atoms with Crippen LogP contribution in [0.4, 0.5) is 0 Å². The van der Waals surface area contributed by atoms with E-state index in [1.165, 1.54) is 23.6 Å². The van der Waals surface area contributed by atoms with Crippen LogP contribution in [0.2, 0.25) is 0 Å². The van der Waals surface area contributed by atoms with E-state index in [-0.39, 0.29) is 5.96 Å². The van der Waals surface area contributed by atoms with Gasteiger partial charge in [-0.2, -0.15) is 9.78 Å². The molecule has 68 valence electrons. The third kappa shape index (κ3) is 2.81. The zero-order chi connectivity index (χ0) is 9.52. The largest absolute Gasteiger partial charge is 0.368 e. The Morgan fingerprint density at radius 2 is 2.54 bits per heavy atom. The second-order valence-electron chi connectivity index (χ2n) is 2.00. The van der Waals surface area contributed by atoms with Crippen molar-refractivity contribution in [3.05, 3.63) is 12.7 Å². The summed E-state index contributed by atoms with van der Waals surface area (Å²) in [6.45, 7) is 0.321. The van der Waals surface area contributed by atoms with Crippen LogP contribution < -0.4 is 5.73 Å². The predicted molar refractivity (Wildman–Crippen MR) is 49.2 cm³/mol. The number of hydrogen-bond acceptors (Lipinski definition) is 4. The van der Waals surface area contributed by atoms with E-state index >= 15 is 0 Å². The van der Waals surface area contributed by atoms with Crippen LogP contribution in [-0.4, -0.2) is 39.8 Å². The fourth-order valence-corrected chi connectivity index (χ4v) is 0.633. The first-order chi connectivity index (χ1) is 6.34. The Hall–Kier alpha value is -2.05. The van der Waals surface area contributed by atoms with E-state index in [0.717, 1.165) is 6.34 Å². The van der Waals surface area contributed by atoms with Gasteiger partial charge in [-0.25, -0.2) is 15.0 Å². The molecule has 0 radical (unpaired) electrons. The summed E-state index contributed by atoms with van der Waals surface area (Å²) < 4.78 is 1.35. The first-order valence-corrected chi connectivity index (χ1v) is 3.50. The molecule has 0 saturated carbocycles. The van der Waals surface area contributed by atoms with Gasteiger partial charge in [0.05, 0.1) is 6.54 Å². The number of nitrogens with two attached hydrogens (primary N) is 1. The van der Waals surface area contributed by atoms with Crippen molar-refractivity contribution in [1.29, 1.82) is 5.41 Å². The van der Waals surface area contributed by atoms with Crippen LogP contribution in [0.5, 0.6) is 0 Å². The molecule has 1 aromatic rings. The zero-order valence-corrected chi connectivity index (χ0v) is 6.83. The number of aliphatic imine (C=N–C) groups is 2. The molecule has 0 bridgehead atoms. The Labute approximate surface area is 74.5 Å². The summed E-state index contributed by atoms with van der Waals surface area (Å²) >= 11 is 0. The highest BCUT2D eigenvalue weighted by atomic mass is 15.4. The van der Waals surface area contributed by atoms with Crippen molar-refractivity contribution in [3.63, 3.8) is 0 Å². The van der Waals surface area contributed by atoms with Gasteiger partial charge in [-0.15, -0.1) is 0 Å². The van der Waals surface area contributed by atoms with Gasteiger partial charge < -0.3 is 5.73 Å². The maximum absolute atomic E-state index is 6.60. The lowest BCUT2D eigenvalue weighted by Crippen LogP contribution is -2.23. The number of rotatable bonds is 3. The van der Waals surface area contributed by atoms with Crippen LogP contribution >= 0.6 is 0 Å². The minimum atomic E-state index is 0.244. The van der Waals surface area contributed by atoms with Crippen molar-refractivity contribution in [2.45, 2.75) is 0 Å². The highest BCUT2D eigenvalue weighted by molar-refractivity contribution is 5.81. The first-order valence-electron chi connectivity index (χ1n) is 3.50. The lowest BCUT2D eigenvalue weighted by molar-refractivity contribution is 0.912. The molecule has 0 aromatic carbocycles. The Kier molecular flexibility index (Phi) is 3.31. The molecule has 0 fully saturated rings. The van der Waals surface area contributed by atoms with Crippen LogP contribution in [0.25, 0.3) is 0 Å². The molecule has 0 aliphatic heterocycles. The van der Waals surface area contributed by atoms with E-state index in [1.807, 2.05) is 0 Å². The molecule has 0 unspecified atom stereocenters. The highest BCUT2D eigenvalue weighted by Crippen LogP contribution is 1.77. The third-order valence-corrected chi connectivity index (χ3v) is 1.17. The van der Waals surface area contributed by atoms with E-state index in [0.29, 0.717) is 6.54 Å². The van der Waals surface area contributed by atoms with Crippen LogP contribution in [0.1, 0.15) is 0 Å². The van der Waals surface area contributed by atoms with Gasteiger partial charge in [0.15, 0.2) is 0 Å². The van der Waals surface area contributed by atoms with E-state index in [9.17, 15) is 0 Å². The topological polar surface area (TPSA) is 105 Å². The summed E-state index contributed by atoms with van der Waals surface area (Å²) in [6.07, 6.45) is 5.22. The van der Waals surface area contributed by atoms with Gasteiger partial charge in [-0.1, -0.05) is 0 Å². The van der Waals surface area contributed by atoms with Crippen LogP contribution in [0.3, 0.4) is 0 Å².